The minimum atomic E-state index is -4.73. The highest BCUT2D eigenvalue weighted by Gasteiger charge is 2.45. The average molecular weight is 966 g/mol. The van der Waals surface area contributed by atoms with Gasteiger partial charge in [0.15, 0.2) is 5.82 Å². The number of benzene rings is 3. The lowest BCUT2D eigenvalue weighted by molar-refractivity contribution is -0.137. The van der Waals surface area contributed by atoms with Gasteiger partial charge in [-0.3, -0.25) is 43.3 Å². The number of hydrogen-bond acceptors (Lipinski definition) is 13. The average Bonchev–Trinajstić information content (AvgIpc) is 4.00. The van der Waals surface area contributed by atoms with Crippen molar-refractivity contribution in [3.05, 3.63) is 147 Å². The monoisotopic (exact) mass is 965 g/mol. The zero-order valence-electron chi connectivity index (χ0n) is 38.1. The number of hydrogen-bond donors (Lipinski definition) is 3. The summed E-state index contributed by atoms with van der Waals surface area (Å²) in [5, 5.41) is 24.0. The van der Waals surface area contributed by atoms with E-state index in [0.717, 1.165) is 43.9 Å². The Morgan fingerprint density at radius 3 is 2.37 bits per heavy atom. The van der Waals surface area contributed by atoms with Crippen molar-refractivity contribution in [2.24, 2.45) is 7.05 Å². The lowest BCUT2D eigenvalue weighted by atomic mass is 10.0. The minimum Gasteiger partial charge on any atom is -0.382 e. The van der Waals surface area contributed by atoms with Gasteiger partial charge in [0, 0.05) is 51.2 Å². The molecule has 70 heavy (non-hydrogen) atoms. The second kappa shape index (κ2) is 20.5. The first-order chi connectivity index (χ1) is 33.7. The molecule has 4 amide bonds. The Hall–Kier alpha value is -7.04. The summed E-state index contributed by atoms with van der Waals surface area (Å²) in [4.78, 5) is 67.1. The molecule has 3 aliphatic heterocycles. The molecule has 366 valence electrons. The van der Waals surface area contributed by atoms with Crippen LogP contribution in [-0.2, 0) is 56.8 Å². The van der Waals surface area contributed by atoms with Crippen LogP contribution in [0.2, 0.25) is 0 Å². The number of nitrogens with one attached hydrogen (secondary N) is 2. The second-order valence-electron chi connectivity index (χ2n) is 17.5. The summed E-state index contributed by atoms with van der Waals surface area (Å²) in [5.74, 6) is -1.99. The van der Waals surface area contributed by atoms with E-state index in [1.54, 1.807) is 48.0 Å². The smallest absolute Gasteiger partial charge is 0.382 e. The fourth-order valence-electron chi connectivity index (χ4n) is 9.13. The number of pyridine rings is 1. The van der Waals surface area contributed by atoms with Crippen molar-refractivity contribution in [3.63, 3.8) is 0 Å². The molecule has 3 aliphatic rings. The minimum absolute atomic E-state index is 0.0403. The van der Waals surface area contributed by atoms with Crippen molar-refractivity contribution in [1.29, 1.82) is 0 Å². The number of likely N-dealkylation sites (tertiary alicyclic amines) is 1. The van der Waals surface area contributed by atoms with Crippen LogP contribution in [0.1, 0.15) is 86.1 Å². The number of ether oxygens (including phenoxy) is 3. The number of carbonyl (C=O) groups is 4. The molecule has 3 aromatic heterocycles. The van der Waals surface area contributed by atoms with E-state index < -0.39 is 53.2 Å². The summed E-state index contributed by atoms with van der Waals surface area (Å²) in [6.07, 6.45) is -0.317. The third-order valence-corrected chi connectivity index (χ3v) is 12.6. The van der Waals surface area contributed by atoms with E-state index in [0.29, 0.717) is 69.5 Å². The molecule has 3 atom stereocenters. The number of fused-ring (bicyclic) bond motifs is 2. The number of imidazole rings is 1. The Labute approximate surface area is 398 Å². The number of aryl methyl sites for hydroxylation is 1. The van der Waals surface area contributed by atoms with Gasteiger partial charge in [-0.25, -0.2) is 4.79 Å². The number of piperidine rings is 2. The van der Waals surface area contributed by atoms with E-state index in [2.05, 4.69) is 20.8 Å². The molecule has 2 saturated heterocycles. The largest absolute Gasteiger partial charge is 0.418 e. The van der Waals surface area contributed by atoms with Crippen LogP contribution in [0.3, 0.4) is 0 Å². The van der Waals surface area contributed by atoms with Crippen LogP contribution >= 0.6 is 0 Å². The van der Waals surface area contributed by atoms with Gasteiger partial charge >= 0.3 is 11.9 Å². The fourth-order valence-corrected chi connectivity index (χ4v) is 9.13. The SMILES string of the molecule is Cn1cnnc1[C@H](O)c1cccc(-n2cc3c(C(F)(F)F)cc(CN4CCC[C@@H](OCCOCc5ccc(COCCNc6cccc7c6C(=O)N(C6CCC(=O)NC6=O)C7=O)cc5)C4)cn3c2=O)c1. The van der Waals surface area contributed by atoms with Crippen LogP contribution in [-0.4, -0.2) is 114 Å². The van der Waals surface area contributed by atoms with Crippen LogP contribution in [0, 0.1) is 0 Å². The number of halogens is 3. The zero-order chi connectivity index (χ0) is 49.1. The van der Waals surface area contributed by atoms with Crippen LogP contribution in [0.5, 0.6) is 0 Å². The maximum Gasteiger partial charge on any atom is 0.418 e. The van der Waals surface area contributed by atoms with E-state index in [-0.39, 0.29) is 53.6 Å². The number of aliphatic hydroxyl groups excluding tert-OH is 1. The summed E-state index contributed by atoms with van der Waals surface area (Å²) in [7, 11) is 1.67. The van der Waals surface area contributed by atoms with Crippen molar-refractivity contribution in [1.82, 2.24) is 38.8 Å². The van der Waals surface area contributed by atoms with Gasteiger partial charge in [0.1, 0.15) is 18.5 Å². The number of carbonyl (C=O) groups excluding carboxylic acids is 4. The van der Waals surface area contributed by atoms with Crippen LogP contribution in [0.25, 0.3) is 11.2 Å². The first-order valence-electron chi connectivity index (χ1n) is 22.9. The van der Waals surface area contributed by atoms with Crippen molar-refractivity contribution in [2.75, 3.05) is 44.8 Å². The van der Waals surface area contributed by atoms with Gasteiger partial charge in [0.2, 0.25) is 11.8 Å². The number of aromatic nitrogens is 5. The quantitative estimate of drug-likeness (QED) is 0.0801. The molecule has 0 saturated carbocycles. The Kier molecular flexibility index (Phi) is 14.1. The number of rotatable bonds is 18. The molecule has 3 aromatic carbocycles. The van der Waals surface area contributed by atoms with Crippen molar-refractivity contribution in [2.45, 2.75) is 69.9 Å². The lowest BCUT2D eigenvalue weighted by Crippen LogP contribution is -2.54. The molecular formula is C49H50F3N9O9. The van der Waals surface area contributed by atoms with Crippen LogP contribution in [0.4, 0.5) is 18.9 Å². The fraction of sp³-hybridized carbons (Fsp3) is 0.367. The summed E-state index contributed by atoms with van der Waals surface area (Å²) in [5.41, 5.74) is 1.82. The molecule has 3 N–H and O–H groups in total. The number of anilines is 1. The van der Waals surface area contributed by atoms with Gasteiger partial charge in [-0.15, -0.1) is 10.2 Å². The number of imide groups is 2. The first kappa shape index (κ1) is 48.0. The maximum absolute atomic E-state index is 14.5. The normalized spacial score (nSPS) is 18.2. The van der Waals surface area contributed by atoms with E-state index in [1.807, 2.05) is 29.2 Å². The second-order valence-corrected chi connectivity index (χ2v) is 17.5. The van der Waals surface area contributed by atoms with Crippen molar-refractivity contribution in [3.8, 4) is 5.69 Å². The molecule has 0 spiro atoms. The Bertz CT molecular complexity index is 2990. The zero-order valence-corrected chi connectivity index (χ0v) is 38.1. The number of alkyl halides is 3. The van der Waals surface area contributed by atoms with Crippen LogP contribution < -0.4 is 16.3 Å². The predicted octanol–water partition coefficient (Wildman–Crippen LogP) is 4.55. The molecular weight excluding hydrogens is 916 g/mol. The molecule has 0 aliphatic carbocycles. The van der Waals surface area contributed by atoms with Gasteiger partial charge in [0.25, 0.3) is 11.8 Å². The Morgan fingerprint density at radius 2 is 1.64 bits per heavy atom. The highest BCUT2D eigenvalue weighted by atomic mass is 19.4. The van der Waals surface area contributed by atoms with Gasteiger partial charge in [0.05, 0.1) is 67.0 Å². The van der Waals surface area contributed by atoms with Gasteiger partial charge in [-0.05, 0) is 78.4 Å². The first-order valence-corrected chi connectivity index (χ1v) is 22.9. The third-order valence-electron chi connectivity index (χ3n) is 12.6. The Balaban J connectivity index is 0.714. The van der Waals surface area contributed by atoms with E-state index >= 15 is 0 Å². The van der Waals surface area contributed by atoms with Gasteiger partial charge in [-0.2, -0.15) is 13.2 Å². The van der Waals surface area contributed by atoms with Crippen molar-refractivity contribution < 1.29 is 51.7 Å². The van der Waals surface area contributed by atoms with E-state index in [1.165, 1.54) is 24.8 Å². The molecule has 6 heterocycles. The van der Waals surface area contributed by atoms with E-state index in [9.17, 15) is 42.3 Å². The number of aliphatic hydroxyl groups is 1. The molecule has 6 aromatic rings. The van der Waals surface area contributed by atoms with Gasteiger partial charge < -0.3 is 29.2 Å². The van der Waals surface area contributed by atoms with E-state index in [4.69, 9.17) is 14.2 Å². The molecule has 0 bridgehead atoms. The van der Waals surface area contributed by atoms with Crippen LogP contribution in [0.15, 0.2) is 96.3 Å². The number of nitrogens with zero attached hydrogens (tertiary/aromatic N) is 7. The highest BCUT2D eigenvalue weighted by molar-refractivity contribution is 6.25. The topological polar surface area (TPSA) is 204 Å². The summed E-state index contributed by atoms with van der Waals surface area (Å²) < 4.78 is 65.2. The summed E-state index contributed by atoms with van der Waals surface area (Å²) in [6, 6.07) is 19.1. The molecule has 2 fully saturated rings. The summed E-state index contributed by atoms with van der Waals surface area (Å²) >= 11 is 0. The summed E-state index contributed by atoms with van der Waals surface area (Å²) in [6.45, 7) is 3.33. The number of amides is 4. The molecule has 1 unspecified atom stereocenters. The molecule has 21 heteroatoms. The van der Waals surface area contributed by atoms with Gasteiger partial charge in [-0.1, -0.05) is 42.5 Å². The lowest BCUT2D eigenvalue weighted by Gasteiger charge is -2.32. The molecule has 9 rings (SSSR count). The predicted molar refractivity (Wildman–Crippen MR) is 245 cm³/mol. The molecule has 0 radical (unpaired) electrons. The third kappa shape index (κ3) is 10.3. The molecule has 18 nitrogen and oxygen atoms in total. The maximum atomic E-state index is 14.5. The highest BCUT2D eigenvalue weighted by Crippen LogP contribution is 2.35. The standard InChI is InChI=1S/C49H50F3N9O9/c1-57-29-54-56-44(57)43(63)33-5-2-6-34(22-33)59-26-40-37(49(50,51)52)21-32(24-60(40)48(59)67)23-58-17-4-7-35(25-58)70-20-19-69-28-31-12-10-30(11-13-31)27-68-18-16-53-38-9-3-8-36-42(38)47(66)61(46(36)65)39-14-15-41(62)55-45(39)64/h2-3,5-6,8-13,21-22,24,26,29,35,39,43,53,63H,4,7,14-20,23,25,27-28H2,1H3,(H,55,62,64)/t35-,39?,43-/m1/s1. The van der Waals surface area contributed by atoms with Crippen molar-refractivity contribution >= 4 is 34.8 Å². The Morgan fingerprint density at radius 1 is 0.886 bits per heavy atom.